The Morgan fingerprint density at radius 3 is 2.81 bits per heavy atom. The van der Waals surface area contributed by atoms with E-state index in [1.807, 2.05) is 0 Å². The second kappa shape index (κ2) is 4.99. The summed E-state index contributed by atoms with van der Waals surface area (Å²) >= 11 is 1.61. The molecule has 0 bridgehead atoms. The van der Waals surface area contributed by atoms with Crippen LogP contribution in [0.3, 0.4) is 0 Å². The van der Waals surface area contributed by atoms with E-state index in [0.29, 0.717) is 5.82 Å². The van der Waals surface area contributed by atoms with Crippen LogP contribution < -0.4 is 5.73 Å². The van der Waals surface area contributed by atoms with Crippen LogP contribution in [0.15, 0.2) is 41.7 Å². The first-order valence-corrected chi connectivity index (χ1v) is 5.99. The number of anilines is 1. The van der Waals surface area contributed by atoms with Gasteiger partial charge in [0.25, 0.3) is 0 Å². The molecule has 0 saturated heterocycles. The largest absolute Gasteiger partial charge is 0.381 e. The quantitative estimate of drug-likeness (QED) is 0.825. The molecule has 3 nitrogen and oxygen atoms in total. The molecular formula is C12H13N3S. The summed E-state index contributed by atoms with van der Waals surface area (Å²) in [4.78, 5) is 8.19. The molecule has 0 saturated carbocycles. The van der Waals surface area contributed by atoms with Crippen molar-refractivity contribution in [2.24, 2.45) is 0 Å². The van der Waals surface area contributed by atoms with Crippen LogP contribution in [0.2, 0.25) is 0 Å². The van der Waals surface area contributed by atoms with Crippen LogP contribution >= 0.6 is 11.8 Å². The first-order chi connectivity index (χ1) is 7.75. The Bertz CT molecular complexity index is 485. The second-order valence-electron chi connectivity index (χ2n) is 3.52. The number of hydrogen-bond acceptors (Lipinski definition) is 4. The van der Waals surface area contributed by atoms with Gasteiger partial charge in [0.1, 0.15) is 5.03 Å². The minimum atomic E-state index is 0.500. The van der Waals surface area contributed by atoms with Gasteiger partial charge in [-0.2, -0.15) is 0 Å². The number of benzene rings is 1. The molecule has 0 aliphatic carbocycles. The maximum atomic E-state index is 5.72. The minimum Gasteiger partial charge on any atom is -0.381 e. The summed E-state index contributed by atoms with van der Waals surface area (Å²) < 4.78 is 0. The van der Waals surface area contributed by atoms with Gasteiger partial charge in [0.2, 0.25) is 0 Å². The maximum Gasteiger partial charge on any atom is 0.156 e. The highest BCUT2D eigenvalue weighted by atomic mass is 32.2. The second-order valence-corrected chi connectivity index (χ2v) is 4.49. The number of nitrogens with zero attached hydrogens (tertiary/aromatic N) is 2. The minimum absolute atomic E-state index is 0.500. The highest BCUT2D eigenvalue weighted by Gasteiger charge is 2.02. The van der Waals surface area contributed by atoms with Crippen LogP contribution in [0.5, 0.6) is 0 Å². The van der Waals surface area contributed by atoms with E-state index in [-0.39, 0.29) is 0 Å². The third-order valence-corrected chi connectivity index (χ3v) is 3.21. The van der Waals surface area contributed by atoms with Crippen LogP contribution in [0.1, 0.15) is 11.1 Å². The van der Waals surface area contributed by atoms with E-state index in [9.17, 15) is 0 Å². The Morgan fingerprint density at radius 1 is 1.25 bits per heavy atom. The molecule has 0 aliphatic rings. The summed E-state index contributed by atoms with van der Waals surface area (Å²) in [5.74, 6) is 1.37. The zero-order valence-electron chi connectivity index (χ0n) is 9.05. The highest BCUT2D eigenvalue weighted by Crippen LogP contribution is 2.24. The Labute approximate surface area is 99.1 Å². The molecular weight excluding hydrogens is 218 g/mol. The molecule has 4 heteroatoms. The molecule has 16 heavy (non-hydrogen) atoms. The van der Waals surface area contributed by atoms with Crippen molar-refractivity contribution in [3.63, 3.8) is 0 Å². The molecule has 0 fully saturated rings. The van der Waals surface area contributed by atoms with Crippen molar-refractivity contribution in [3.8, 4) is 0 Å². The number of nitrogens with two attached hydrogens (primary N) is 1. The predicted molar refractivity (Wildman–Crippen MR) is 67.2 cm³/mol. The topological polar surface area (TPSA) is 51.8 Å². The molecule has 2 N–H and O–H groups in total. The summed E-state index contributed by atoms with van der Waals surface area (Å²) in [6.07, 6.45) is 3.26. The Balaban J connectivity index is 2.05. The zero-order valence-corrected chi connectivity index (χ0v) is 9.87. The molecule has 1 aromatic heterocycles. The van der Waals surface area contributed by atoms with E-state index in [2.05, 4.69) is 41.2 Å². The predicted octanol–water partition coefficient (Wildman–Crippen LogP) is 2.66. The van der Waals surface area contributed by atoms with Gasteiger partial charge in [-0.25, -0.2) is 9.97 Å². The molecule has 0 spiro atoms. The monoisotopic (exact) mass is 231 g/mol. The van der Waals surface area contributed by atoms with Gasteiger partial charge in [-0.15, -0.1) is 0 Å². The van der Waals surface area contributed by atoms with Gasteiger partial charge in [0.15, 0.2) is 5.82 Å². The van der Waals surface area contributed by atoms with Crippen LogP contribution in [-0.4, -0.2) is 9.97 Å². The summed E-state index contributed by atoms with van der Waals surface area (Å²) in [6, 6.07) is 8.42. The van der Waals surface area contributed by atoms with E-state index < -0.39 is 0 Å². The van der Waals surface area contributed by atoms with Crippen molar-refractivity contribution in [1.29, 1.82) is 0 Å². The van der Waals surface area contributed by atoms with Crippen LogP contribution in [-0.2, 0) is 5.75 Å². The van der Waals surface area contributed by atoms with Gasteiger partial charge >= 0.3 is 0 Å². The lowest BCUT2D eigenvalue weighted by Gasteiger charge is -2.03. The number of aryl methyl sites for hydroxylation is 1. The van der Waals surface area contributed by atoms with E-state index >= 15 is 0 Å². The fourth-order valence-corrected chi connectivity index (χ4v) is 2.22. The van der Waals surface area contributed by atoms with E-state index in [0.717, 1.165) is 10.8 Å². The average Bonchev–Trinajstić information content (AvgIpc) is 2.28. The first kappa shape index (κ1) is 11.0. The normalized spacial score (nSPS) is 10.3. The molecule has 82 valence electrons. The van der Waals surface area contributed by atoms with E-state index in [1.54, 1.807) is 24.2 Å². The van der Waals surface area contributed by atoms with Crippen molar-refractivity contribution in [3.05, 3.63) is 47.8 Å². The lowest BCUT2D eigenvalue weighted by Crippen LogP contribution is -1.94. The van der Waals surface area contributed by atoms with Crippen molar-refractivity contribution < 1.29 is 0 Å². The number of hydrogen-bond donors (Lipinski definition) is 1. The van der Waals surface area contributed by atoms with Gasteiger partial charge in [0, 0.05) is 18.1 Å². The third-order valence-electron chi connectivity index (χ3n) is 2.15. The lowest BCUT2D eigenvalue weighted by molar-refractivity contribution is 1.07. The first-order valence-electron chi connectivity index (χ1n) is 5.00. The molecule has 0 unspecified atom stereocenters. The summed E-state index contributed by atoms with van der Waals surface area (Å²) in [6.45, 7) is 2.09. The molecule has 0 radical (unpaired) electrons. The van der Waals surface area contributed by atoms with Crippen molar-refractivity contribution in [2.45, 2.75) is 17.7 Å². The standard InChI is InChI=1S/C12H13N3S/c1-9-3-2-4-10(7-9)8-16-12-11(13)14-5-6-15-12/h2-7H,8H2,1H3,(H2,13,14). The fourth-order valence-electron chi connectivity index (χ4n) is 1.40. The zero-order chi connectivity index (χ0) is 11.4. The smallest absolute Gasteiger partial charge is 0.156 e. The third kappa shape index (κ3) is 2.73. The van der Waals surface area contributed by atoms with Gasteiger partial charge in [-0.1, -0.05) is 41.6 Å². The molecule has 1 aromatic carbocycles. The Hall–Kier alpha value is -1.55. The Morgan fingerprint density at radius 2 is 2.06 bits per heavy atom. The number of thioether (sulfide) groups is 1. The molecule has 2 aromatic rings. The molecule has 0 amide bonds. The van der Waals surface area contributed by atoms with E-state index in [4.69, 9.17) is 5.73 Å². The number of rotatable bonds is 3. The van der Waals surface area contributed by atoms with Crippen LogP contribution in [0.4, 0.5) is 5.82 Å². The van der Waals surface area contributed by atoms with Gasteiger partial charge in [-0.3, -0.25) is 0 Å². The van der Waals surface area contributed by atoms with Crippen molar-refractivity contribution in [1.82, 2.24) is 9.97 Å². The highest BCUT2D eigenvalue weighted by molar-refractivity contribution is 7.98. The number of aromatic nitrogens is 2. The van der Waals surface area contributed by atoms with E-state index in [1.165, 1.54) is 11.1 Å². The Kier molecular flexibility index (Phi) is 3.41. The van der Waals surface area contributed by atoms with Crippen LogP contribution in [0.25, 0.3) is 0 Å². The summed E-state index contributed by atoms with van der Waals surface area (Å²) in [5, 5.41) is 0.795. The number of nitrogen functional groups attached to an aromatic ring is 1. The molecule has 0 aliphatic heterocycles. The van der Waals surface area contributed by atoms with Crippen molar-refractivity contribution >= 4 is 17.6 Å². The molecule has 0 atom stereocenters. The lowest BCUT2D eigenvalue weighted by atomic mass is 10.2. The SMILES string of the molecule is Cc1cccc(CSc2nccnc2N)c1. The van der Waals surface area contributed by atoms with Gasteiger partial charge in [-0.05, 0) is 12.5 Å². The van der Waals surface area contributed by atoms with Crippen LogP contribution in [0, 0.1) is 6.92 Å². The van der Waals surface area contributed by atoms with Gasteiger partial charge < -0.3 is 5.73 Å². The fraction of sp³-hybridized carbons (Fsp3) is 0.167. The van der Waals surface area contributed by atoms with Crippen molar-refractivity contribution in [2.75, 3.05) is 5.73 Å². The molecule has 2 rings (SSSR count). The van der Waals surface area contributed by atoms with Gasteiger partial charge in [0.05, 0.1) is 0 Å². The maximum absolute atomic E-state index is 5.72. The molecule has 1 heterocycles. The average molecular weight is 231 g/mol. The summed E-state index contributed by atoms with van der Waals surface area (Å²) in [7, 11) is 0. The summed E-state index contributed by atoms with van der Waals surface area (Å²) in [5.41, 5.74) is 8.26.